The van der Waals surface area contributed by atoms with Crippen LogP contribution in [-0.4, -0.2) is 11.5 Å². The number of phenolic OH excluding ortho intramolecular Hbond substituents is 1. The Hall–Kier alpha value is -2.17. The van der Waals surface area contributed by atoms with E-state index < -0.39 is 12.1 Å². The van der Waals surface area contributed by atoms with Crippen LogP contribution in [0.5, 0.6) is 11.5 Å². The molecular weight excluding hydrogens is 257 g/mol. The molecule has 1 N–H and O–H groups in total. The van der Waals surface area contributed by atoms with E-state index in [0.29, 0.717) is 5.56 Å². The molecule has 19 heavy (non-hydrogen) atoms. The highest BCUT2D eigenvalue weighted by atomic mass is 19.4. The van der Waals surface area contributed by atoms with Crippen molar-refractivity contribution >= 4 is 0 Å². The Balaban J connectivity index is 2.31. The van der Waals surface area contributed by atoms with Crippen molar-refractivity contribution in [1.29, 1.82) is 0 Å². The van der Waals surface area contributed by atoms with Crippen LogP contribution in [0, 0.1) is 6.92 Å². The van der Waals surface area contributed by atoms with Crippen LogP contribution in [0.25, 0.3) is 11.1 Å². The lowest BCUT2D eigenvalue weighted by molar-refractivity contribution is -0.274. The molecule has 2 nitrogen and oxygen atoms in total. The molecule has 0 unspecified atom stereocenters. The van der Waals surface area contributed by atoms with Gasteiger partial charge in [-0.2, -0.15) is 0 Å². The van der Waals surface area contributed by atoms with Crippen LogP contribution in [0.3, 0.4) is 0 Å². The summed E-state index contributed by atoms with van der Waals surface area (Å²) in [5.74, 6) is -0.702. The Morgan fingerprint density at radius 1 is 1.00 bits per heavy atom. The number of benzene rings is 2. The van der Waals surface area contributed by atoms with E-state index in [9.17, 15) is 18.3 Å². The Labute approximate surface area is 108 Å². The fraction of sp³-hybridized carbons (Fsp3) is 0.143. The molecule has 0 radical (unpaired) electrons. The minimum atomic E-state index is -4.77. The lowest BCUT2D eigenvalue weighted by Gasteiger charge is -2.11. The second-order valence-corrected chi connectivity index (χ2v) is 4.09. The molecule has 2 aromatic rings. The highest BCUT2D eigenvalue weighted by Gasteiger charge is 2.31. The Morgan fingerprint density at radius 3 is 2.16 bits per heavy atom. The second-order valence-electron chi connectivity index (χ2n) is 4.09. The molecule has 0 spiro atoms. The minimum absolute atomic E-state index is 0.259. The van der Waals surface area contributed by atoms with Crippen molar-refractivity contribution in [2.75, 3.05) is 0 Å². The van der Waals surface area contributed by atoms with Crippen LogP contribution >= 0.6 is 0 Å². The van der Waals surface area contributed by atoms with Gasteiger partial charge in [0.1, 0.15) is 11.5 Å². The maximum absolute atomic E-state index is 12.0. The summed E-state index contributed by atoms with van der Waals surface area (Å²) in [6.07, 6.45) is -4.77. The Kier molecular flexibility index (Phi) is 3.38. The first-order valence-electron chi connectivity index (χ1n) is 5.51. The first-order chi connectivity index (χ1) is 8.85. The molecule has 5 heteroatoms. The largest absolute Gasteiger partial charge is 0.573 e. The van der Waals surface area contributed by atoms with Gasteiger partial charge in [-0.1, -0.05) is 29.8 Å². The number of aryl methyl sites for hydroxylation is 1. The van der Waals surface area contributed by atoms with Crippen LogP contribution in [0.15, 0.2) is 42.5 Å². The molecule has 0 aliphatic heterocycles. The van der Waals surface area contributed by atoms with Gasteiger partial charge in [0.25, 0.3) is 0 Å². The van der Waals surface area contributed by atoms with Crippen molar-refractivity contribution in [3.63, 3.8) is 0 Å². The van der Waals surface area contributed by atoms with E-state index in [0.717, 1.165) is 17.2 Å². The van der Waals surface area contributed by atoms with Gasteiger partial charge in [-0.15, -0.1) is 13.2 Å². The van der Waals surface area contributed by atoms with Gasteiger partial charge in [0.2, 0.25) is 0 Å². The van der Waals surface area contributed by atoms with Crippen molar-refractivity contribution in [3.05, 3.63) is 48.0 Å². The summed E-state index contributed by atoms with van der Waals surface area (Å²) in [6.45, 7) is 1.92. The van der Waals surface area contributed by atoms with Gasteiger partial charge < -0.3 is 9.84 Å². The van der Waals surface area contributed by atoms with Crippen LogP contribution in [0.2, 0.25) is 0 Å². The van der Waals surface area contributed by atoms with Gasteiger partial charge in [0.05, 0.1) is 0 Å². The molecule has 0 amide bonds. The SMILES string of the molecule is Cc1ccc(-c2ccc(OC(F)(F)F)cc2O)cc1. The van der Waals surface area contributed by atoms with Gasteiger partial charge in [0, 0.05) is 11.6 Å². The van der Waals surface area contributed by atoms with E-state index in [2.05, 4.69) is 4.74 Å². The molecule has 0 heterocycles. The molecule has 0 fully saturated rings. The van der Waals surface area contributed by atoms with Gasteiger partial charge in [-0.05, 0) is 24.6 Å². The summed E-state index contributed by atoms with van der Waals surface area (Å²) in [4.78, 5) is 0. The zero-order chi connectivity index (χ0) is 14.0. The molecular formula is C14H11F3O2. The number of halogens is 3. The van der Waals surface area contributed by atoms with E-state index in [1.165, 1.54) is 12.1 Å². The molecule has 0 saturated carbocycles. The number of aromatic hydroxyl groups is 1. The molecule has 0 aliphatic rings. The fourth-order valence-corrected chi connectivity index (χ4v) is 1.69. The van der Waals surface area contributed by atoms with E-state index in [4.69, 9.17) is 0 Å². The van der Waals surface area contributed by atoms with Crippen LogP contribution in [0.4, 0.5) is 13.2 Å². The molecule has 0 saturated heterocycles. The lowest BCUT2D eigenvalue weighted by Crippen LogP contribution is -2.16. The van der Waals surface area contributed by atoms with Crippen molar-refractivity contribution in [2.24, 2.45) is 0 Å². The predicted molar refractivity (Wildman–Crippen MR) is 65.0 cm³/mol. The van der Waals surface area contributed by atoms with Gasteiger partial charge in [0.15, 0.2) is 0 Å². The van der Waals surface area contributed by atoms with Gasteiger partial charge in [-0.25, -0.2) is 0 Å². The lowest BCUT2D eigenvalue weighted by atomic mass is 10.0. The van der Waals surface area contributed by atoms with Crippen molar-refractivity contribution in [2.45, 2.75) is 13.3 Å². The van der Waals surface area contributed by atoms with Crippen molar-refractivity contribution in [1.82, 2.24) is 0 Å². The molecule has 100 valence electrons. The maximum Gasteiger partial charge on any atom is 0.573 e. The third-order valence-corrected chi connectivity index (χ3v) is 2.57. The number of ether oxygens (including phenoxy) is 1. The van der Waals surface area contributed by atoms with Crippen LogP contribution in [-0.2, 0) is 0 Å². The zero-order valence-corrected chi connectivity index (χ0v) is 10.0. The molecule has 0 aromatic heterocycles. The normalized spacial score (nSPS) is 11.4. The summed E-state index contributed by atoms with van der Waals surface area (Å²) >= 11 is 0. The first-order valence-corrected chi connectivity index (χ1v) is 5.51. The highest BCUT2D eigenvalue weighted by Crippen LogP contribution is 2.34. The van der Waals surface area contributed by atoms with Crippen molar-refractivity contribution in [3.8, 4) is 22.6 Å². The molecule has 0 atom stereocenters. The topological polar surface area (TPSA) is 29.5 Å². The molecule has 0 bridgehead atoms. The summed E-state index contributed by atoms with van der Waals surface area (Å²) in [5, 5.41) is 9.76. The monoisotopic (exact) mass is 268 g/mol. The number of rotatable bonds is 2. The third kappa shape index (κ3) is 3.40. The first kappa shape index (κ1) is 13.3. The van der Waals surface area contributed by atoms with E-state index >= 15 is 0 Å². The fourth-order valence-electron chi connectivity index (χ4n) is 1.69. The summed E-state index contributed by atoms with van der Waals surface area (Å²) in [5.41, 5.74) is 2.23. The number of hydrogen-bond acceptors (Lipinski definition) is 2. The molecule has 0 aliphatic carbocycles. The Morgan fingerprint density at radius 2 is 1.63 bits per heavy atom. The van der Waals surface area contributed by atoms with E-state index in [1.807, 2.05) is 19.1 Å². The smallest absolute Gasteiger partial charge is 0.507 e. The molecule has 2 aromatic carbocycles. The van der Waals surface area contributed by atoms with Gasteiger partial charge >= 0.3 is 6.36 Å². The third-order valence-electron chi connectivity index (χ3n) is 2.57. The highest BCUT2D eigenvalue weighted by molar-refractivity contribution is 5.71. The second kappa shape index (κ2) is 4.84. The van der Waals surface area contributed by atoms with Gasteiger partial charge in [-0.3, -0.25) is 0 Å². The van der Waals surface area contributed by atoms with Crippen LogP contribution < -0.4 is 4.74 Å². The summed E-state index contributed by atoms with van der Waals surface area (Å²) in [6, 6.07) is 10.8. The number of phenols is 1. The number of alkyl halides is 3. The Bertz CT molecular complexity index is 574. The van der Waals surface area contributed by atoms with Crippen molar-refractivity contribution < 1.29 is 23.0 Å². The quantitative estimate of drug-likeness (QED) is 0.881. The standard InChI is InChI=1S/C14H11F3O2/c1-9-2-4-10(5-3-9)12-7-6-11(8-13(12)18)19-14(15,16)17/h2-8,18H,1H3. The van der Waals surface area contributed by atoms with Crippen LogP contribution in [0.1, 0.15) is 5.56 Å². The number of hydrogen-bond donors (Lipinski definition) is 1. The van der Waals surface area contributed by atoms with E-state index in [1.54, 1.807) is 12.1 Å². The average Bonchev–Trinajstić information content (AvgIpc) is 2.29. The average molecular weight is 268 g/mol. The molecule has 2 rings (SSSR count). The predicted octanol–water partition coefficient (Wildman–Crippen LogP) is 4.27. The summed E-state index contributed by atoms with van der Waals surface area (Å²) in [7, 11) is 0. The maximum atomic E-state index is 12.0. The minimum Gasteiger partial charge on any atom is -0.507 e. The zero-order valence-electron chi connectivity index (χ0n) is 10.0. The summed E-state index contributed by atoms with van der Waals surface area (Å²) < 4.78 is 39.8. The van der Waals surface area contributed by atoms with E-state index in [-0.39, 0.29) is 5.75 Å².